The lowest BCUT2D eigenvalue weighted by Gasteiger charge is -2.42. The lowest BCUT2D eigenvalue weighted by Crippen LogP contribution is -2.59. The summed E-state index contributed by atoms with van der Waals surface area (Å²) >= 11 is 0. The van der Waals surface area contributed by atoms with Crippen LogP contribution in [-0.4, -0.2) is 45.3 Å². The molecular weight excluding hydrogens is 254 g/mol. The third kappa shape index (κ3) is 2.09. The van der Waals surface area contributed by atoms with Crippen molar-refractivity contribution in [2.24, 2.45) is 5.92 Å². The van der Waals surface area contributed by atoms with E-state index in [1.807, 2.05) is 19.9 Å². The SMILES string of the molecule is CC=CCCCCC1(O)C(C)C(=O)N2CCCC21CO. The lowest BCUT2D eigenvalue weighted by molar-refractivity contribution is -0.132. The first-order valence-corrected chi connectivity index (χ1v) is 7.79. The minimum absolute atomic E-state index is 0.00695. The summed E-state index contributed by atoms with van der Waals surface area (Å²) in [5, 5.41) is 21.0. The molecular formula is C16H27NO3. The summed E-state index contributed by atoms with van der Waals surface area (Å²) in [6.45, 7) is 4.35. The van der Waals surface area contributed by atoms with Gasteiger partial charge in [0.1, 0.15) is 5.60 Å². The highest BCUT2D eigenvalue weighted by Gasteiger charge is 2.66. The van der Waals surface area contributed by atoms with Crippen LogP contribution in [-0.2, 0) is 4.79 Å². The fourth-order valence-electron chi connectivity index (χ4n) is 4.06. The zero-order chi connectivity index (χ0) is 14.8. The molecule has 114 valence electrons. The van der Waals surface area contributed by atoms with Crippen LogP contribution in [0.25, 0.3) is 0 Å². The summed E-state index contributed by atoms with van der Waals surface area (Å²) in [5.41, 5.74) is -1.81. The molecule has 2 aliphatic rings. The maximum Gasteiger partial charge on any atom is 0.229 e. The van der Waals surface area contributed by atoms with Gasteiger partial charge in [0.2, 0.25) is 5.91 Å². The van der Waals surface area contributed by atoms with Crippen molar-refractivity contribution in [2.45, 2.75) is 63.5 Å². The molecule has 20 heavy (non-hydrogen) atoms. The quantitative estimate of drug-likeness (QED) is 0.577. The predicted octanol–water partition coefficient (Wildman–Crippen LogP) is 1.86. The number of amides is 1. The number of nitrogens with zero attached hydrogens (tertiary/aromatic N) is 1. The van der Waals surface area contributed by atoms with Gasteiger partial charge < -0.3 is 15.1 Å². The molecule has 0 aromatic rings. The van der Waals surface area contributed by atoms with Crippen LogP contribution in [0.1, 0.15) is 52.4 Å². The fourth-order valence-corrected chi connectivity index (χ4v) is 4.06. The number of fused-ring (bicyclic) bond motifs is 1. The van der Waals surface area contributed by atoms with Crippen LogP contribution >= 0.6 is 0 Å². The van der Waals surface area contributed by atoms with Crippen LogP contribution in [0.15, 0.2) is 12.2 Å². The fraction of sp³-hybridized carbons (Fsp3) is 0.812. The Balaban J connectivity index is 2.12. The number of hydrogen-bond acceptors (Lipinski definition) is 3. The molecule has 2 fully saturated rings. The molecule has 0 saturated carbocycles. The van der Waals surface area contributed by atoms with Crippen LogP contribution in [0, 0.1) is 5.92 Å². The normalized spacial score (nSPS) is 37.1. The number of rotatable bonds is 6. The molecule has 0 aliphatic carbocycles. The molecule has 0 bridgehead atoms. The van der Waals surface area contributed by atoms with Crippen LogP contribution in [0.3, 0.4) is 0 Å². The molecule has 2 rings (SSSR count). The smallest absolute Gasteiger partial charge is 0.229 e. The van der Waals surface area contributed by atoms with Gasteiger partial charge >= 0.3 is 0 Å². The van der Waals surface area contributed by atoms with Crippen molar-refractivity contribution < 1.29 is 15.0 Å². The highest BCUT2D eigenvalue weighted by Crippen LogP contribution is 2.51. The second-order valence-corrected chi connectivity index (χ2v) is 6.24. The molecule has 1 amide bonds. The first-order valence-electron chi connectivity index (χ1n) is 7.79. The Bertz CT molecular complexity index is 395. The third-order valence-corrected chi connectivity index (χ3v) is 5.32. The first kappa shape index (κ1) is 15.5. The molecule has 4 nitrogen and oxygen atoms in total. The van der Waals surface area contributed by atoms with E-state index < -0.39 is 17.1 Å². The number of aliphatic hydroxyl groups is 2. The van der Waals surface area contributed by atoms with Crippen molar-refractivity contribution in [3.05, 3.63) is 12.2 Å². The maximum atomic E-state index is 12.3. The Hall–Kier alpha value is -0.870. The third-order valence-electron chi connectivity index (χ3n) is 5.32. The van der Waals surface area contributed by atoms with E-state index in [0.717, 1.165) is 25.7 Å². The summed E-state index contributed by atoms with van der Waals surface area (Å²) in [4.78, 5) is 14.1. The van der Waals surface area contributed by atoms with E-state index in [1.165, 1.54) is 0 Å². The zero-order valence-corrected chi connectivity index (χ0v) is 12.6. The number of hydrogen-bond donors (Lipinski definition) is 2. The van der Waals surface area contributed by atoms with Crippen molar-refractivity contribution >= 4 is 5.91 Å². The summed E-state index contributed by atoms with van der Waals surface area (Å²) in [7, 11) is 0. The van der Waals surface area contributed by atoms with Crippen molar-refractivity contribution in [1.29, 1.82) is 0 Å². The molecule has 0 radical (unpaired) electrons. The Kier molecular flexibility index (Phi) is 4.55. The van der Waals surface area contributed by atoms with E-state index in [0.29, 0.717) is 19.4 Å². The molecule has 2 aliphatic heterocycles. The molecule has 4 heteroatoms. The van der Waals surface area contributed by atoms with E-state index >= 15 is 0 Å². The summed E-state index contributed by atoms with van der Waals surface area (Å²) in [6, 6.07) is 0. The summed E-state index contributed by atoms with van der Waals surface area (Å²) < 4.78 is 0. The first-order chi connectivity index (χ1) is 9.53. The number of carbonyl (C=O) groups is 1. The average molecular weight is 281 g/mol. The number of carbonyl (C=O) groups excluding carboxylic acids is 1. The van der Waals surface area contributed by atoms with Gasteiger partial charge in [-0.1, -0.05) is 25.5 Å². The Labute approximate surface area is 121 Å². The van der Waals surface area contributed by atoms with Gasteiger partial charge in [-0.05, 0) is 39.0 Å². The second kappa shape index (κ2) is 5.86. The van der Waals surface area contributed by atoms with Gasteiger partial charge in [0, 0.05) is 6.54 Å². The minimum Gasteiger partial charge on any atom is -0.394 e. The van der Waals surface area contributed by atoms with E-state index in [1.54, 1.807) is 4.90 Å². The van der Waals surface area contributed by atoms with Gasteiger partial charge in [0.05, 0.1) is 18.1 Å². The molecule has 3 atom stereocenters. The van der Waals surface area contributed by atoms with E-state index in [9.17, 15) is 15.0 Å². The van der Waals surface area contributed by atoms with Gasteiger partial charge in [-0.15, -0.1) is 0 Å². The van der Waals surface area contributed by atoms with Gasteiger partial charge in [0.25, 0.3) is 0 Å². The zero-order valence-electron chi connectivity index (χ0n) is 12.6. The molecule has 0 aromatic carbocycles. The van der Waals surface area contributed by atoms with E-state index in [2.05, 4.69) is 6.08 Å². The van der Waals surface area contributed by atoms with Gasteiger partial charge in [-0.3, -0.25) is 4.79 Å². The molecule has 2 saturated heterocycles. The largest absolute Gasteiger partial charge is 0.394 e. The highest BCUT2D eigenvalue weighted by molar-refractivity contribution is 5.85. The number of allylic oxidation sites excluding steroid dienone is 2. The Morgan fingerprint density at radius 2 is 2.20 bits per heavy atom. The van der Waals surface area contributed by atoms with E-state index in [4.69, 9.17) is 0 Å². The number of aliphatic hydroxyl groups excluding tert-OH is 1. The van der Waals surface area contributed by atoms with Gasteiger partial charge in [-0.2, -0.15) is 0 Å². The molecule has 3 unspecified atom stereocenters. The maximum absolute atomic E-state index is 12.3. The lowest BCUT2D eigenvalue weighted by atomic mass is 9.72. The Morgan fingerprint density at radius 1 is 1.45 bits per heavy atom. The van der Waals surface area contributed by atoms with Crippen molar-refractivity contribution in [2.75, 3.05) is 13.2 Å². The van der Waals surface area contributed by atoms with Crippen LogP contribution < -0.4 is 0 Å². The number of unbranched alkanes of at least 4 members (excludes halogenated alkanes) is 2. The minimum atomic E-state index is -1.08. The van der Waals surface area contributed by atoms with Gasteiger partial charge in [0.15, 0.2) is 0 Å². The monoisotopic (exact) mass is 281 g/mol. The van der Waals surface area contributed by atoms with Crippen LogP contribution in [0.2, 0.25) is 0 Å². The summed E-state index contributed by atoms with van der Waals surface area (Å²) in [5.74, 6) is -0.399. The van der Waals surface area contributed by atoms with Crippen LogP contribution in [0.5, 0.6) is 0 Å². The standard InChI is InChI=1S/C16H27NO3/c1-3-4-5-6-7-10-16(20)13(2)14(19)17-11-8-9-15(16,17)12-18/h3-4,13,18,20H,5-12H2,1-2H3. The molecule has 2 heterocycles. The average Bonchev–Trinajstić information content (AvgIpc) is 2.95. The Morgan fingerprint density at radius 3 is 2.85 bits per heavy atom. The second-order valence-electron chi connectivity index (χ2n) is 6.24. The molecule has 0 spiro atoms. The highest BCUT2D eigenvalue weighted by atomic mass is 16.3. The molecule has 2 N–H and O–H groups in total. The summed E-state index contributed by atoms with van der Waals surface area (Å²) in [6.07, 6.45) is 9.23. The molecule has 0 aromatic heterocycles. The van der Waals surface area contributed by atoms with Crippen molar-refractivity contribution in [1.82, 2.24) is 4.90 Å². The topological polar surface area (TPSA) is 60.8 Å². The van der Waals surface area contributed by atoms with Crippen LogP contribution in [0.4, 0.5) is 0 Å². The van der Waals surface area contributed by atoms with Gasteiger partial charge in [-0.25, -0.2) is 0 Å². The predicted molar refractivity (Wildman–Crippen MR) is 78.2 cm³/mol. The van der Waals surface area contributed by atoms with E-state index in [-0.39, 0.29) is 12.5 Å². The van der Waals surface area contributed by atoms with Crippen molar-refractivity contribution in [3.63, 3.8) is 0 Å². The van der Waals surface area contributed by atoms with Crippen molar-refractivity contribution in [3.8, 4) is 0 Å².